The lowest BCUT2D eigenvalue weighted by Gasteiger charge is -2.70. The largest absolute Gasteiger partial charge is 0.394 e. The van der Waals surface area contributed by atoms with Gasteiger partial charge in [0.1, 0.15) is 5.82 Å². The Morgan fingerprint density at radius 3 is 2.03 bits per heavy atom. The number of sulfone groups is 1. The van der Waals surface area contributed by atoms with E-state index in [1.807, 2.05) is 0 Å². The van der Waals surface area contributed by atoms with Gasteiger partial charge in [-0.3, -0.25) is 9.52 Å². The lowest BCUT2D eigenvalue weighted by molar-refractivity contribution is -0.336. The lowest BCUT2D eigenvalue weighted by Crippen LogP contribution is -2.78. The third kappa shape index (κ3) is 3.98. The molecule has 0 saturated heterocycles. The van der Waals surface area contributed by atoms with Crippen molar-refractivity contribution in [2.75, 3.05) is 4.72 Å². The highest BCUT2D eigenvalue weighted by Gasteiger charge is 2.79. The van der Waals surface area contributed by atoms with Gasteiger partial charge in [0.15, 0.2) is 9.84 Å². The maximum atomic E-state index is 13.9. The number of sulfonamides is 1. The average Bonchev–Trinajstić information content (AvgIpc) is 3.54. The lowest BCUT2D eigenvalue weighted by atomic mass is 9.39. The van der Waals surface area contributed by atoms with Gasteiger partial charge in [-0.15, -0.1) is 0 Å². The molecule has 0 heterocycles. The number of alkyl halides is 3. The average molecular weight is 533 g/mol. The molecule has 0 aromatic heterocycles. The van der Waals surface area contributed by atoms with Crippen LogP contribution >= 0.6 is 0 Å². The molecule has 2 N–H and O–H groups in total. The molecule has 2 aromatic rings. The Bertz CT molecular complexity index is 1410. The Kier molecular flexibility index (Phi) is 5.10. The van der Waals surface area contributed by atoms with Crippen LogP contribution in [0.2, 0.25) is 0 Å². The van der Waals surface area contributed by atoms with Gasteiger partial charge >= 0.3 is 6.18 Å². The predicted molar refractivity (Wildman–Crippen MR) is 116 cm³/mol. The first kappa shape index (κ1) is 24.0. The minimum absolute atomic E-state index is 0.0139. The summed E-state index contributed by atoms with van der Waals surface area (Å²) in [5.74, 6) is -1.67. The molecule has 0 spiro atoms. The number of benzene rings is 2. The smallest absolute Gasteiger partial charge is 0.346 e. The van der Waals surface area contributed by atoms with E-state index in [1.54, 1.807) is 0 Å². The summed E-state index contributed by atoms with van der Waals surface area (Å²) >= 11 is 0. The highest BCUT2D eigenvalue weighted by atomic mass is 32.2. The number of anilines is 1. The van der Waals surface area contributed by atoms with Crippen molar-refractivity contribution >= 4 is 31.5 Å². The van der Waals surface area contributed by atoms with Gasteiger partial charge in [0, 0.05) is 5.54 Å². The highest BCUT2D eigenvalue weighted by molar-refractivity contribution is 7.93. The number of hydrogen-bond donors (Lipinski definition) is 2. The maximum absolute atomic E-state index is 13.9. The molecule has 0 aliphatic heterocycles. The molecule has 4 saturated carbocycles. The first-order valence-corrected chi connectivity index (χ1v) is 13.8. The molecule has 4 aliphatic carbocycles. The van der Waals surface area contributed by atoms with Gasteiger partial charge in [-0.2, -0.15) is 13.2 Å². The number of hydrogen-bond acceptors (Lipinski definition) is 5. The Balaban J connectivity index is 1.34. The molecular weight excluding hydrogens is 512 g/mol. The van der Waals surface area contributed by atoms with Crippen LogP contribution in [0.3, 0.4) is 0 Å². The number of nitrogens with one attached hydrogen (secondary N) is 2. The molecule has 4 fully saturated rings. The monoisotopic (exact) mass is 532 g/mol. The number of amides is 1. The molecule has 35 heavy (non-hydrogen) atoms. The molecule has 2 bridgehead atoms. The van der Waals surface area contributed by atoms with Gasteiger partial charge in [0.25, 0.3) is 15.9 Å². The minimum Gasteiger partial charge on any atom is -0.346 e. The summed E-state index contributed by atoms with van der Waals surface area (Å²) in [5, 5.41) is 2.07. The fourth-order valence-electron chi connectivity index (χ4n) is 4.91. The molecule has 1 amide bonds. The van der Waals surface area contributed by atoms with Crippen molar-refractivity contribution in [2.45, 2.75) is 58.9 Å². The van der Waals surface area contributed by atoms with Crippen LogP contribution in [0.1, 0.15) is 42.5 Å². The summed E-state index contributed by atoms with van der Waals surface area (Å²) in [4.78, 5) is 12.5. The van der Waals surface area contributed by atoms with Crippen molar-refractivity contribution in [3.8, 4) is 0 Å². The van der Waals surface area contributed by atoms with Gasteiger partial charge in [-0.25, -0.2) is 21.2 Å². The molecule has 2 aromatic carbocycles. The minimum atomic E-state index is -4.36. The van der Waals surface area contributed by atoms with Crippen LogP contribution in [0.15, 0.2) is 52.3 Å². The van der Waals surface area contributed by atoms with E-state index in [1.165, 1.54) is 12.1 Å². The van der Waals surface area contributed by atoms with Crippen LogP contribution < -0.4 is 10.0 Å². The number of halogens is 4. The fourth-order valence-corrected chi connectivity index (χ4v) is 7.64. The van der Waals surface area contributed by atoms with Crippen molar-refractivity contribution in [3.05, 3.63) is 53.8 Å². The topological polar surface area (TPSA) is 109 Å². The van der Waals surface area contributed by atoms with Crippen molar-refractivity contribution in [2.24, 2.45) is 5.41 Å². The van der Waals surface area contributed by atoms with E-state index in [9.17, 15) is 39.2 Å². The zero-order valence-electron chi connectivity index (χ0n) is 18.0. The van der Waals surface area contributed by atoms with Crippen LogP contribution in [0.5, 0.6) is 0 Å². The second-order valence-electron chi connectivity index (χ2n) is 9.55. The van der Waals surface area contributed by atoms with E-state index in [-0.39, 0.29) is 34.6 Å². The van der Waals surface area contributed by atoms with Gasteiger partial charge in [0.2, 0.25) is 0 Å². The molecule has 13 heteroatoms. The van der Waals surface area contributed by atoms with Gasteiger partial charge in [0.05, 0.1) is 31.7 Å². The highest BCUT2D eigenvalue weighted by Crippen LogP contribution is 2.73. The Morgan fingerprint density at radius 2 is 1.49 bits per heavy atom. The van der Waals surface area contributed by atoms with Crippen molar-refractivity contribution in [1.82, 2.24) is 5.32 Å². The Labute approximate surface area is 198 Å². The molecule has 6 rings (SSSR count). The SMILES string of the molecule is O=C(NC12CC(C(F)(F)F)(C1)C2)c1ccc(F)cc1NS(=O)(=O)c1ccc(S(=O)(=O)C2CC2)cc1. The molecular formula is C22H20F4N2O5S2. The zero-order chi connectivity index (χ0) is 25.4. The Hall–Kier alpha value is -2.67. The van der Waals surface area contributed by atoms with Crippen LogP contribution in [0, 0.1) is 11.2 Å². The molecule has 7 nitrogen and oxygen atoms in total. The molecule has 0 unspecified atom stereocenters. The van der Waals surface area contributed by atoms with Crippen molar-refractivity contribution < 1.29 is 39.2 Å². The van der Waals surface area contributed by atoms with Crippen molar-refractivity contribution in [1.29, 1.82) is 0 Å². The number of carbonyl (C=O) groups excluding carboxylic acids is 1. The summed E-state index contributed by atoms with van der Waals surface area (Å²) in [6.07, 6.45) is -4.03. The molecule has 4 aliphatic rings. The third-order valence-electron chi connectivity index (χ3n) is 6.91. The van der Waals surface area contributed by atoms with Gasteiger partial charge in [-0.05, 0) is 74.6 Å². The summed E-state index contributed by atoms with van der Waals surface area (Å²) in [7, 11) is -7.87. The third-order valence-corrected chi connectivity index (χ3v) is 10.6. The maximum Gasteiger partial charge on any atom is 0.394 e. The van der Waals surface area contributed by atoms with Crippen LogP contribution in [-0.2, 0) is 19.9 Å². The summed E-state index contributed by atoms with van der Waals surface area (Å²) in [5.41, 5.74) is -3.45. The second-order valence-corrected chi connectivity index (χ2v) is 13.5. The number of rotatable bonds is 7. The number of carbonyl (C=O) groups is 1. The van der Waals surface area contributed by atoms with E-state index in [0.717, 1.165) is 30.3 Å². The van der Waals surface area contributed by atoms with Crippen LogP contribution in [0.25, 0.3) is 0 Å². The van der Waals surface area contributed by atoms with Gasteiger partial charge in [-0.1, -0.05) is 0 Å². The first-order chi connectivity index (χ1) is 16.2. The predicted octanol–water partition coefficient (Wildman–Crippen LogP) is 3.78. The van der Waals surface area contributed by atoms with Crippen LogP contribution in [0.4, 0.5) is 23.2 Å². The molecule has 0 atom stereocenters. The molecule has 188 valence electrons. The quantitative estimate of drug-likeness (QED) is 0.528. The van der Waals surface area contributed by atoms with Crippen molar-refractivity contribution in [3.63, 3.8) is 0 Å². The van der Waals surface area contributed by atoms with E-state index in [0.29, 0.717) is 12.8 Å². The summed E-state index contributed by atoms with van der Waals surface area (Å²) in [6, 6.07) is 7.28. The summed E-state index contributed by atoms with van der Waals surface area (Å²) < 4.78 is 106. The van der Waals surface area contributed by atoms with E-state index in [2.05, 4.69) is 10.0 Å². The van der Waals surface area contributed by atoms with E-state index >= 15 is 0 Å². The Morgan fingerprint density at radius 1 is 0.914 bits per heavy atom. The van der Waals surface area contributed by atoms with Crippen LogP contribution in [-0.4, -0.2) is 39.7 Å². The standard InChI is InChI=1S/C22H20F4N2O5S2/c23-13-1-8-17(19(29)27-21-10-20(11-21,12-21)22(24,25)26)18(9-13)28-35(32,33)16-6-4-15(5-7-16)34(30,31)14-2-3-14/h1,4-9,14,28H,2-3,10-12H2,(H,27,29). The zero-order valence-corrected chi connectivity index (χ0v) is 19.7. The van der Waals surface area contributed by atoms with E-state index < -0.39 is 59.7 Å². The summed E-state index contributed by atoms with van der Waals surface area (Å²) in [6.45, 7) is 0. The first-order valence-electron chi connectivity index (χ1n) is 10.7. The van der Waals surface area contributed by atoms with E-state index in [4.69, 9.17) is 0 Å². The fraction of sp³-hybridized carbons (Fsp3) is 0.409. The second kappa shape index (κ2) is 7.42. The molecule has 0 radical (unpaired) electrons. The van der Waals surface area contributed by atoms with Gasteiger partial charge < -0.3 is 5.32 Å². The normalized spacial score (nSPS) is 25.8.